The molecule has 0 N–H and O–H groups in total. The summed E-state index contributed by atoms with van der Waals surface area (Å²) in [5.41, 5.74) is 2.93. The van der Waals surface area contributed by atoms with Gasteiger partial charge < -0.3 is 14.4 Å². The predicted octanol–water partition coefficient (Wildman–Crippen LogP) is 5.32. The molecule has 2 aromatic rings. The van der Waals surface area contributed by atoms with E-state index in [1.807, 2.05) is 0 Å². The van der Waals surface area contributed by atoms with Crippen LogP contribution in [0.3, 0.4) is 0 Å². The van der Waals surface area contributed by atoms with Gasteiger partial charge in [0.05, 0.1) is 11.0 Å². The third-order valence-corrected chi connectivity index (χ3v) is 9.71. The van der Waals surface area contributed by atoms with Gasteiger partial charge in [0.1, 0.15) is 0 Å². The Bertz CT molecular complexity index is 950. The van der Waals surface area contributed by atoms with Crippen LogP contribution in [0.4, 0.5) is 5.95 Å². The molecule has 2 atom stereocenters. The fourth-order valence-electron chi connectivity index (χ4n) is 7.60. The molecule has 0 radical (unpaired) electrons. The van der Waals surface area contributed by atoms with Crippen molar-refractivity contribution in [2.75, 3.05) is 44.7 Å². The molecule has 2 unspecified atom stereocenters. The summed E-state index contributed by atoms with van der Waals surface area (Å²) in [5.74, 6) is 2.05. The second-order valence-corrected chi connectivity index (χ2v) is 11.8. The molecule has 1 aromatic heterocycles. The normalized spacial score (nSPS) is 29.9. The van der Waals surface area contributed by atoms with Crippen molar-refractivity contribution in [1.29, 1.82) is 0 Å². The Hall–Kier alpha value is -1.59. The van der Waals surface area contributed by atoms with Crippen LogP contribution >= 0.6 is 0 Å². The fourth-order valence-corrected chi connectivity index (χ4v) is 7.60. The van der Waals surface area contributed by atoms with Crippen LogP contribution in [0.15, 0.2) is 24.3 Å². The van der Waals surface area contributed by atoms with Crippen LogP contribution in [-0.2, 0) is 0 Å². The van der Waals surface area contributed by atoms with Gasteiger partial charge in [-0.1, -0.05) is 44.2 Å². The first-order chi connectivity index (χ1) is 16.1. The summed E-state index contributed by atoms with van der Waals surface area (Å²) in [5, 5.41) is 0. The Balaban J connectivity index is 1.24. The Morgan fingerprint density at radius 1 is 0.879 bits per heavy atom. The number of nitrogens with zero attached hydrogens (tertiary/aromatic N) is 5. The highest BCUT2D eigenvalue weighted by molar-refractivity contribution is 5.79. The molecule has 4 aliphatic rings. The van der Waals surface area contributed by atoms with Gasteiger partial charge in [-0.2, -0.15) is 0 Å². The minimum atomic E-state index is 0.419. The number of likely N-dealkylation sites (tertiary alicyclic amines) is 2. The van der Waals surface area contributed by atoms with Gasteiger partial charge in [0.2, 0.25) is 5.95 Å². The van der Waals surface area contributed by atoms with E-state index in [0.717, 1.165) is 12.5 Å². The number of anilines is 1. The summed E-state index contributed by atoms with van der Waals surface area (Å²) >= 11 is 0. The molecular weight excluding hydrogens is 406 g/mol. The van der Waals surface area contributed by atoms with E-state index in [1.165, 1.54) is 107 Å². The molecule has 0 bridgehead atoms. The van der Waals surface area contributed by atoms with Crippen LogP contribution in [0.2, 0.25) is 0 Å². The van der Waals surface area contributed by atoms with E-state index in [4.69, 9.17) is 4.98 Å². The molecular formula is C28H43N5. The first kappa shape index (κ1) is 21.9. The monoisotopic (exact) mass is 449 g/mol. The molecule has 1 aliphatic carbocycles. The second kappa shape index (κ2) is 8.88. The average molecular weight is 450 g/mol. The van der Waals surface area contributed by atoms with Crippen LogP contribution in [-0.4, -0.2) is 70.7 Å². The number of aromatic nitrogens is 2. The zero-order chi connectivity index (χ0) is 22.4. The van der Waals surface area contributed by atoms with E-state index in [0.29, 0.717) is 17.6 Å². The standard InChI is InChI=1S/C28H43N5/c1-28(15-8-4-3-5-9-16-28)32-18-13-23(14-19-32)33-25-11-7-6-10-24(25)29-27(33)31-20-22-12-17-30(2)26(22)21-31/h6-7,10-11,22-23,26H,3-5,8-9,12-21H2,1-2H3. The maximum Gasteiger partial charge on any atom is 0.206 e. The molecule has 6 rings (SSSR count). The molecule has 4 fully saturated rings. The predicted molar refractivity (Wildman–Crippen MR) is 137 cm³/mol. The van der Waals surface area contributed by atoms with Gasteiger partial charge >= 0.3 is 0 Å². The largest absolute Gasteiger partial charge is 0.340 e. The van der Waals surface area contributed by atoms with Crippen LogP contribution in [0.25, 0.3) is 11.0 Å². The number of imidazole rings is 1. The smallest absolute Gasteiger partial charge is 0.206 e. The molecule has 3 saturated heterocycles. The number of hydrogen-bond donors (Lipinski definition) is 0. The molecule has 1 saturated carbocycles. The van der Waals surface area contributed by atoms with Crippen molar-refractivity contribution in [3.63, 3.8) is 0 Å². The highest BCUT2D eigenvalue weighted by atomic mass is 15.4. The van der Waals surface area contributed by atoms with Gasteiger partial charge in [0, 0.05) is 43.8 Å². The van der Waals surface area contributed by atoms with Crippen LogP contribution in [0, 0.1) is 5.92 Å². The van der Waals surface area contributed by atoms with Crippen LogP contribution < -0.4 is 4.90 Å². The number of para-hydroxylation sites is 2. The van der Waals surface area contributed by atoms with Gasteiger partial charge in [-0.15, -0.1) is 0 Å². The number of piperidine rings is 1. The third-order valence-electron chi connectivity index (χ3n) is 9.71. The van der Waals surface area contributed by atoms with E-state index in [9.17, 15) is 0 Å². The zero-order valence-corrected chi connectivity index (χ0v) is 20.9. The van der Waals surface area contributed by atoms with Crippen molar-refractivity contribution >= 4 is 17.0 Å². The highest BCUT2D eigenvalue weighted by Crippen LogP contribution is 2.40. The van der Waals surface area contributed by atoms with Gasteiger partial charge in [-0.05, 0) is 70.7 Å². The van der Waals surface area contributed by atoms with E-state index in [1.54, 1.807) is 0 Å². The number of likely N-dealkylation sites (N-methyl/N-ethyl adjacent to an activating group) is 1. The summed E-state index contributed by atoms with van der Waals surface area (Å²) in [7, 11) is 2.31. The number of rotatable bonds is 3. The van der Waals surface area contributed by atoms with Crippen LogP contribution in [0.1, 0.15) is 77.2 Å². The zero-order valence-electron chi connectivity index (χ0n) is 20.9. The summed E-state index contributed by atoms with van der Waals surface area (Å²) in [6, 6.07) is 10.1. The molecule has 5 nitrogen and oxygen atoms in total. The topological polar surface area (TPSA) is 27.5 Å². The van der Waals surface area contributed by atoms with E-state index >= 15 is 0 Å². The number of hydrogen-bond acceptors (Lipinski definition) is 4. The highest BCUT2D eigenvalue weighted by Gasteiger charge is 2.42. The maximum atomic E-state index is 5.22. The van der Waals surface area contributed by atoms with Crippen LogP contribution in [0.5, 0.6) is 0 Å². The lowest BCUT2D eigenvalue weighted by Gasteiger charge is -2.46. The van der Waals surface area contributed by atoms with Crippen molar-refractivity contribution < 1.29 is 0 Å². The molecule has 1 aromatic carbocycles. The molecule has 5 heteroatoms. The Kier molecular flexibility index (Phi) is 5.90. The minimum absolute atomic E-state index is 0.419. The Morgan fingerprint density at radius 3 is 2.36 bits per heavy atom. The average Bonchev–Trinajstić information content (AvgIpc) is 3.50. The van der Waals surface area contributed by atoms with E-state index < -0.39 is 0 Å². The Morgan fingerprint density at radius 2 is 1.61 bits per heavy atom. The van der Waals surface area contributed by atoms with Crippen molar-refractivity contribution in [2.24, 2.45) is 5.92 Å². The lowest BCUT2D eigenvalue weighted by atomic mass is 9.82. The molecule has 3 aliphatic heterocycles. The van der Waals surface area contributed by atoms with Crippen molar-refractivity contribution in [2.45, 2.75) is 88.8 Å². The SMILES string of the molecule is CN1CCC2CN(c3nc4ccccc4n3C3CCN(C4(C)CCCCCCC4)CC3)CC21. The maximum absolute atomic E-state index is 5.22. The number of fused-ring (bicyclic) bond motifs is 2. The lowest BCUT2D eigenvalue weighted by Crippen LogP contribution is -2.50. The van der Waals surface area contributed by atoms with Crippen molar-refractivity contribution in [1.82, 2.24) is 19.4 Å². The summed E-state index contributed by atoms with van der Waals surface area (Å²) in [6.45, 7) is 8.62. The van der Waals surface area contributed by atoms with E-state index in [-0.39, 0.29) is 0 Å². The summed E-state index contributed by atoms with van der Waals surface area (Å²) < 4.78 is 2.65. The molecule has 180 valence electrons. The quantitative estimate of drug-likeness (QED) is 0.634. The van der Waals surface area contributed by atoms with E-state index in [2.05, 4.69) is 57.5 Å². The summed E-state index contributed by atoms with van der Waals surface area (Å²) in [4.78, 5) is 13.3. The number of benzene rings is 1. The first-order valence-electron chi connectivity index (χ1n) is 13.8. The summed E-state index contributed by atoms with van der Waals surface area (Å²) in [6.07, 6.45) is 13.8. The van der Waals surface area contributed by atoms with Crippen molar-refractivity contribution in [3.05, 3.63) is 24.3 Å². The molecule has 0 spiro atoms. The van der Waals surface area contributed by atoms with Gasteiger partial charge in [0.15, 0.2) is 0 Å². The van der Waals surface area contributed by atoms with Gasteiger partial charge in [-0.3, -0.25) is 4.90 Å². The van der Waals surface area contributed by atoms with Crippen molar-refractivity contribution in [3.8, 4) is 0 Å². The Labute approximate surface area is 200 Å². The second-order valence-electron chi connectivity index (χ2n) is 11.8. The third kappa shape index (κ3) is 3.99. The lowest BCUT2D eigenvalue weighted by molar-refractivity contribution is 0.0443. The first-order valence-corrected chi connectivity index (χ1v) is 13.8. The van der Waals surface area contributed by atoms with Gasteiger partial charge in [-0.25, -0.2) is 4.98 Å². The minimum Gasteiger partial charge on any atom is -0.340 e. The molecule has 4 heterocycles. The fraction of sp³-hybridized carbons (Fsp3) is 0.750. The molecule has 33 heavy (non-hydrogen) atoms. The molecule has 0 amide bonds. The van der Waals surface area contributed by atoms with Gasteiger partial charge in [0.25, 0.3) is 0 Å².